The summed E-state index contributed by atoms with van der Waals surface area (Å²) in [5, 5.41) is 11.0. The molecule has 0 saturated carbocycles. The SMILES string of the molecule is C=N.C=N.O=S([O-])O. The van der Waals surface area contributed by atoms with Gasteiger partial charge in [-0.3, -0.25) is 0 Å². The van der Waals surface area contributed by atoms with Crippen molar-refractivity contribution < 1.29 is 13.3 Å². The largest absolute Gasteiger partial charge is 0.750 e. The lowest BCUT2D eigenvalue weighted by molar-refractivity contribution is 0.436. The Morgan fingerprint density at radius 2 is 1.38 bits per heavy atom. The minimum Gasteiger partial charge on any atom is -0.750 e. The van der Waals surface area contributed by atoms with Gasteiger partial charge in [0.25, 0.3) is 0 Å². The van der Waals surface area contributed by atoms with Crippen LogP contribution in [0.5, 0.6) is 0 Å². The maximum atomic E-state index is 8.56. The van der Waals surface area contributed by atoms with E-state index in [0.29, 0.717) is 0 Å². The van der Waals surface area contributed by atoms with Crippen molar-refractivity contribution in [2.24, 2.45) is 0 Å². The number of nitrogens with one attached hydrogen (secondary N) is 2. The summed E-state index contributed by atoms with van der Waals surface area (Å²) in [6.45, 7) is 5.00. The van der Waals surface area contributed by atoms with Gasteiger partial charge in [-0.15, -0.1) is 0 Å². The second-order valence-corrected chi connectivity index (χ2v) is 0.651. The Bertz CT molecular complexity index is 53.2. The van der Waals surface area contributed by atoms with Crippen molar-refractivity contribution in [3.63, 3.8) is 0 Å². The first-order valence-corrected chi connectivity index (χ1v) is 2.25. The predicted molar refractivity (Wildman–Crippen MR) is 31.2 cm³/mol. The molecule has 0 aromatic carbocycles. The summed E-state index contributed by atoms with van der Waals surface area (Å²) >= 11 is -2.86. The topological polar surface area (TPSA) is 108 Å². The highest BCUT2D eigenvalue weighted by atomic mass is 32.2. The van der Waals surface area contributed by atoms with Crippen LogP contribution in [0.25, 0.3) is 0 Å². The Kier molecular flexibility index (Phi) is 63.2. The molecule has 0 spiro atoms. The third-order valence-electron chi connectivity index (χ3n) is 0. The van der Waals surface area contributed by atoms with E-state index in [1.165, 1.54) is 0 Å². The molecule has 0 aliphatic rings. The first-order chi connectivity index (χ1) is 3.73. The van der Waals surface area contributed by atoms with Gasteiger partial charge in [-0.2, -0.15) is 0 Å². The van der Waals surface area contributed by atoms with Crippen molar-refractivity contribution in [2.45, 2.75) is 0 Å². The highest BCUT2D eigenvalue weighted by molar-refractivity contribution is 7.73. The van der Waals surface area contributed by atoms with Crippen LogP contribution in [0.3, 0.4) is 0 Å². The molecule has 3 N–H and O–H groups in total. The molecule has 0 aromatic heterocycles. The maximum Gasteiger partial charge on any atom is 0.0814 e. The highest BCUT2D eigenvalue weighted by Crippen LogP contribution is 1.43. The number of rotatable bonds is 0. The van der Waals surface area contributed by atoms with Gasteiger partial charge in [-0.1, -0.05) is 0 Å². The van der Waals surface area contributed by atoms with Gasteiger partial charge in [0.05, 0.1) is 11.4 Å². The second kappa shape index (κ2) is 32.3. The molecule has 1 atom stereocenters. The Morgan fingerprint density at radius 3 is 1.38 bits per heavy atom. The molecule has 6 heteroatoms. The molecule has 0 heterocycles. The van der Waals surface area contributed by atoms with Crippen LogP contribution in [-0.2, 0) is 11.4 Å². The molecule has 0 rings (SSSR count). The molecule has 0 aliphatic heterocycles. The van der Waals surface area contributed by atoms with Crippen molar-refractivity contribution in [3.05, 3.63) is 0 Å². The average molecular weight is 139 g/mol. The molecule has 0 aliphatic carbocycles. The van der Waals surface area contributed by atoms with Crippen LogP contribution in [0, 0.1) is 10.8 Å². The van der Waals surface area contributed by atoms with E-state index in [-0.39, 0.29) is 0 Å². The summed E-state index contributed by atoms with van der Waals surface area (Å²) in [5.41, 5.74) is 0. The molecular formula is C2H7N2O3S-. The molecule has 0 aromatic rings. The molecule has 5 nitrogen and oxygen atoms in total. The molecule has 0 radical (unpaired) electrons. The van der Waals surface area contributed by atoms with Crippen molar-refractivity contribution in [2.75, 3.05) is 0 Å². The quantitative estimate of drug-likeness (QED) is 0.321. The van der Waals surface area contributed by atoms with Gasteiger partial charge < -0.3 is 19.9 Å². The van der Waals surface area contributed by atoms with Crippen molar-refractivity contribution in [3.8, 4) is 0 Å². The van der Waals surface area contributed by atoms with Crippen LogP contribution in [0.15, 0.2) is 0 Å². The lowest BCUT2D eigenvalue weighted by atomic mass is 11.8. The normalized spacial score (nSPS) is 8.75. The van der Waals surface area contributed by atoms with Gasteiger partial charge in [0.2, 0.25) is 0 Å². The Morgan fingerprint density at radius 1 is 1.38 bits per heavy atom. The van der Waals surface area contributed by atoms with E-state index in [0.717, 1.165) is 0 Å². The van der Waals surface area contributed by atoms with Crippen LogP contribution in [0.1, 0.15) is 0 Å². The minimum absolute atomic E-state index is 2.50. The molecule has 50 valence electrons. The fourth-order valence-electron chi connectivity index (χ4n) is 0. The average Bonchev–Trinajstić information content (AvgIpc) is 1.75. The lowest BCUT2D eigenvalue weighted by Gasteiger charge is -1.83. The maximum absolute atomic E-state index is 8.56. The third kappa shape index (κ3) is 302. The van der Waals surface area contributed by atoms with Crippen LogP contribution in [-0.4, -0.2) is 26.7 Å². The van der Waals surface area contributed by atoms with Crippen LogP contribution < -0.4 is 0 Å². The zero-order valence-electron chi connectivity index (χ0n) is 4.09. The van der Waals surface area contributed by atoms with Crippen LogP contribution in [0.2, 0.25) is 0 Å². The standard InChI is InChI=1S/2CH3N.H2O3S/c2*1-2;1-4(2)3/h2*2H,1H2;(H2,1,2,3)/p-1. The van der Waals surface area contributed by atoms with E-state index in [2.05, 4.69) is 13.4 Å². The number of hydrogen-bond acceptors (Lipinski definition) is 4. The smallest absolute Gasteiger partial charge is 0.0814 e. The summed E-state index contributed by atoms with van der Waals surface area (Å²) in [5.74, 6) is 0. The monoisotopic (exact) mass is 139 g/mol. The van der Waals surface area contributed by atoms with Gasteiger partial charge in [0.1, 0.15) is 0 Å². The molecule has 0 bridgehead atoms. The van der Waals surface area contributed by atoms with E-state index in [9.17, 15) is 0 Å². The molecule has 8 heavy (non-hydrogen) atoms. The van der Waals surface area contributed by atoms with E-state index < -0.39 is 11.4 Å². The first-order valence-electron chi connectivity index (χ1n) is 1.22. The van der Waals surface area contributed by atoms with E-state index in [1.807, 2.05) is 0 Å². The Labute approximate surface area is 49.9 Å². The summed E-state index contributed by atoms with van der Waals surface area (Å²) in [4.78, 5) is 0. The zero-order valence-corrected chi connectivity index (χ0v) is 4.90. The van der Waals surface area contributed by atoms with Crippen LogP contribution >= 0.6 is 0 Å². The lowest BCUT2D eigenvalue weighted by Crippen LogP contribution is -1.75. The van der Waals surface area contributed by atoms with Gasteiger partial charge in [-0.05, 0) is 13.4 Å². The first kappa shape index (κ1) is 15.7. The molecule has 0 saturated heterocycles. The Balaban J connectivity index is -0.0000000542. The van der Waals surface area contributed by atoms with E-state index in [1.54, 1.807) is 0 Å². The summed E-state index contributed by atoms with van der Waals surface area (Å²) in [6, 6.07) is 0. The zero-order chi connectivity index (χ0) is 7.58. The Hall–Kier alpha value is -0.590. The molecule has 0 amide bonds. The van der Waals surface area contributed by atoms with Crippen molar-refractivity contribution >= 4 is 24.8 Å². The molecular weight excluding hydrogens is 132 g/mol. The van der Waals surface area contributed by atoms with E-state index in [4.69, 9.17) is 24.1 Å². The predicted octanol–water partition coefficient (Wildman–Crippen LogP) is -0.130. The van der Waals surface area contributed by atoms with Crippen molar-refractivity contribution in [1.29, 1.82) is 10.8 Å². The van der Waals surface area contributed by atoms with Gasteiger partial charge in [0.15, 0.2) is 0 Å². The fraction of sp³-hybridized carbons (Fsp3) is 0. The van der Waals surface area contributed by atoms with Crippen molar-refractivity contribution in [1.82, 2.24) is 0 Å². The van der Waals surface area contributed by atoms with Gasteiger partial charge in [0, 0.05) is 0 Å². The summed E-state index contributed by atoms with van der Waals surface area (Å²) < 4.78 is 24.1. The van der Waals surface area contributed by atoms with Crippen LogP contribution in [0.4, 0.5) is 0 Å². The van der Waals surface area contributed by atoms with E-state index >= 15 is 0 Å². The van der Waals surface area contributed by atoms with Gasteiger partial charge >= 0.3 is 0 Å². The molecule has 1 unspecified atom stereocenters. The summed E-state index contributed by atoms with van der Waals surface area (Å²) in [6.07, 6.45) is 0. The molecule has 0 fully saturated rings. The minimum atomic E-state index is -2.86. The second-order valence-electron chi connectivity index (χ2n) is 0.217. The summed E-state index contributed by atoms with van der Waals surface area (Å²) in [7, 11) is 0. The number of hydrogen-bond donors (Lipinski definition) is 3. The third-order valence-corrected chi connectivity index (χ3v) is 0. The van der Waals surface area contributed by atoms with Gasteiger partial charge in [-0.25, -0.2) is 4.21 Å². The highest BCUT2D eigenvalue weighted by Gasteiger charge is 1.42. The fourth-order valence-corrected chi connectivity index (χ4v) is 0.